The van der Waals surface area contributed by atoms with Gasteiger partial charge in [-0.05, 0) is 18.8 Å². The Bertz CT molecular complexity index is 437. The van der Waals surface area contributed by atoms with Gasteiger partial charge in [0.05, 0.1) is 12.6 Å². The second-order valence-electron chi connectivity index (χ2n) is 7.18. The molecule has 1 amide bonds. The van der Waals surface area contributed by atoms with Crippen molar-refractivity contribution in [2.45, 2.75) is 97.4 Å². The summed E-state index contributed by atoms with van der Waals surface area (Å²) in [5, 5.41) is 2.81. The molecule has 0 fully saturated rings. The van der Waals surface area contributed by atoms with Crippen molar-refractivity contribution in [1.29, 1.82) is 0 Å². The van der Waals surface area contributed by atoms with Crippen LogP contribution in [0.4, 0.5) is 0 Å². The molecule has 0 aromatic rings. The Kier molecular flexibility index (Phi) is 14.1. The molecule has 0 spiro atoms. The van der Waals surface area contributed by atoms with E-state index in [2.05, 4.69) is 16.4 Å². The summed E-state index contributed by atoms with van der Waals surface area (Å²) in [5.41, 5.74) is 0. The van der Waals surface area contributed by atoms with E-state index in [9.17, 15) is 13.2 Å². The highest BCUT2D eigenvalue weighted by atomic mass is 32.3. The maximum absolute atomic E-state index is 12.0. The van der Waals surface area contributed by atoms with Crippen LogP contribution in [0.3, 0.4) is 0 Å². The largest absolute Gasteiger partial charge is 0.397 e. The van der Waals surface area contributed by atoms with E-state index in [1.165, 1.54) is 38.5 Å². The van der Waals surface area contributed by atoms with Gasteiger partial charge in [0, 0.05) is 6.42 Å². The summed E-state index contributed by atoms with van der Waals surface area (Å²) in [6, 6.07) is -0.409. The van der Waals surface area contributed by atoms with E-state index in [0.29, 0.717) is 12.8 Å². The van der Waals surface area contributed by atoms with Gasteiger partial charge in [-0.25, -0.2) is 4.18 Å². The first kappa shape index (κ1) is 24.3. The first-order chi connectivity index (χ1) is 11.7. The van der Waals surface area contributed by atoms with Crippen molar-refractivity contribution in [1.82, 2.24) is 5.32 Å². The van der Waals surface area contributed by atoms with Crippen molar-refractivity contribution in [2.75, 3.05) is 6.61 Å². The third kappa shape index (κ3) is 17.9. The number of rotatable bonds is 16. The molecule has 0 unspecified atom stereocenters. The maximum atomic E-state index is 12.0. The highest BCUT2D eigenvalue weighted by Gasteiger charge is 2.17. The van der Waals surface area contributed by atoms with Gasteiger partial charge in [0.1, 0.15) is 0 Å². The maximum Gasteiger partial charge on any atom is 0.397 e. The lowest BCUT2D eigenvalue weighted by Gasteiger charge is -2.19. The molecule has 0 saturated heterocycles. The van der Waals surface area contributed by atoms with Crippen LogP contribution in [0.25, 0.3) is 0 Å². The van der Waals surface area contributed by atoms with E-state index >= 15 is 0 Å². The SMILES string of the molecule is CCCCCCCCCCCC(=O)N[C@H](COS(=O)(=O)O)CC(C)C. The highest BCUT2D eigenvalue weighted by molar-refractivity contribution is 7.80. The van der Waals surface area contributed by atoms with Crippen LogP contribution in [0.1, 0.15) is 91.4 Å². The number of carbonyl (C=O) groups excluding carboxylic acids is 1. The molecule has 0 bridgehead atoms. The molecule has 150 valence electrons. The average molecular weight is 380 g/mol. The smallest absolute Gasteiger partial charge is 0.351 e. The van der Waals surface area contributed by atoms with E-state index in [1.54, 1.807) is 0 Å². The number of nitrogens with one attached hydrogen (secondary N) is 1. The minimum absolute atomic E-state index is 0.0902. The molecule has 7 heteroatoms. The molecule has 0 aromatic heterocycles. The molecule has 0 saturated carbocycles. The topological polar surface area (TPSA) is 92.7 Å². The first-order valence-corrected chi connectivity index (χ1v) is 11.0. The third-order valence-corrected chi connectivity index (χ3v) is 4.48. The van der Waals surface area contributed by atoms with Gasteiger partial charge in [-0.1, -0.05) is 72.1 Å². The Morgan fingerprint density at radius 2 is 1.52 bits per heavy atom. The number of carbonyl (C=O) groups is 1. The number of amides is 1. The normalized spacial score (nSPS) is 13.2. The Hall–Kier alpha value is -0.660. The molecule has 0 aromatic carbocycles. The molecule has 0 rings (SSSR count). The monoisotopic (exact) mass is 379 g/mol. The van der Waals surface area contributed by atoms with E-state index in [4.69, 9.17) is 4.55 Å². The van der Waals surface area contributed by atoms with Crippen LogP contribution in [-0.2, 0) is 19.4 Å². The minimum atomic E-state index is -4.48. The molecule has 0 aliphatic rings. The van der Waals surface area contributed by atoms with Gasteiger partial charge >= 0.3 is 10.4 Å². The molecule has 0 heterocycles. The molecule has 25 heavy (non-hydrogen) atoms. The van der Waals surface area contributed by atoms with Gasteiger partial charge in [-0.15, -0.1) is 0 Å². The zero-order valence-electron chi connectivity index (χ0n) is 16.1. The Labute approximate surface area is 154 Å². The standard InChI is InChI=1S/C18H37NO5S/c1-4-5-6-7-8-9-10-11-12-13-18(20)19-17(14-16(2)3)15-24-25(21,22)23/h16-17H,4-15H2,1-3H3,(H,19,20)(H,21,22,23)/t17-/m0/s1. The Morgan fingerprint density at radius 3 is 2.00 bits per heavy atom. The summed E-state index contributed by atoms with van der Waals surface area (Å²) < 4.78 is 34.4. The second-order valence-corrected chi connectivity index (χ2v) is 8.28. The fourth-order valence-electron chi connectivity index (χ4n) is 2.80. The summed E-state index contributed by atoms with van der Waals surface area (Å²) in [6.45, 7) is 5.94. The second kappa shape index (κ2) is 14.5. The quantitative estimate of drug-likeness (QED) is 0.309. The van der Waals surface area contributed by atoms with Crippen molar-refractivity contribution in [2.24, 2.45) is 5.92 Å². The zero-order valence-corrected chi connectivity index (χ0v) is 16.9. The molecule has 2 N–H and O–H groups in total. The van der Waals surface area contributed by atoms with Crippen LogP contribution in [-0.4, -0.2) is 31.5 Å². The van der Waals surface area contributed by atoms with Crippen LogP contribution in [0, 0.1) is 5.92 Å². The van der Waals surface area contributed by atoms with Gasteiger partial charge in [-0.2, -0.15) is 8.42 Å². The molecular weight excluding hydrogens is 342 g/mol. The molecule has 0 aliphatic heterocycles. The number of unbranched alkanes of at least 4 members (excludes halogenated alkanes) is 8. The summed E-state index contributed by atoms with van der Waals surface area (Å²) in [6.07, 6.45) is 11.8. The fourth-order valence-corrected chi connectivity index (χ4v) is 3.14. The van der Waals surface area contributed by atoms with Gasteiger partial charge in [0.15, 0.2) is 0 Å². The molecule has 0 radical (unpaired) electrons. The zero-order chi connectivity index (χ0) is 19.1. The lowest BCUT2D eigenvalue weighted by molar-refractivity contribution is -0.122. The molecular formula is C18H37NO5S. The van der Waals surface area contributed by atoms with Crippen molar-refractivity contribution in [3.63, 3.8) is 0 Å². The lowest BCUT2D eigenvalue weighted by Crippen LogP contribution is -2.39. The summed E-state index contributed by atoms with van der Waals surface area (Å²) in [5.74, 6) is 0.190. The van der Waals surface area contributed by atoms with Crippen LogP contribution in [0.5, 0.6) is 0 Å². The van der Waals surface area contributed by atoms with E-state index in [1.807, 2.05) is 13.8 Å². The van der Waals surface area contributed by atoms with Crippen LogP contribution in [0.15, 0.2) is 0 Å². The lowest BCUT2D eigenvalue weighted by atomic mass is 10.0. The van der Waals surface area contributed by atoms with Crippen molar-refractivity contribution < 1.29 is 21.9 Å². The van der Waals surface area contributed by atoms with Crippen LogP contribution >= 0.6 is 0 Å². The Morgan fingerprint density at radius 1 is 1.00 bits per heavy atom. The summed E-state index contributed by atoms with van der Waals surface area (Å²) >= 11 is 0. The molecule has 0 aliphatic carbocycles. The first-order valence-electron chi connectivity index (χ1n) is 9.65. The molecule has 1 atom stereocenters. The summed E-state index contributed by atoms with van der Waals surface area (Å²) in [7, 11) is -4.48. The molecule has 6 nitrogen and oxygen atoms in total. The Balaban J connectivity index is 3.86. The van der Waals surface area contributed by atoms with Gasteiger partial charge < -0.3 is 5.32 Å². The summed E-state index contributed by atoms with van der Waals surface area (Å²) in [4.78, 5) is 12.0. The third-order valence-electron chi connectivity index (χ3n) is 4.05. The number of hydrogen-bond acceptors (Lipinski definition) is 4. The average Bonchev–Trinajstić information content (AvgIpc) is 2.50. The van der Waals surface area contributed by atoms with E-state index in [0.717, 1.165) is 19.3 Å². The van der Waals surface area contributed by atoms with Crippen molar-refractivity contribution in [3.8, 4) is 0 Å². The predicted octanol–water partition coefficient (Wildman–Crippen LogP) is 4.26. The van der Waals surface area contributed by atoms with Gasteiger partial charge in [0.2, 0.25) is 5.91 Å². The minimum Gasteiger partial charge on any atom is -0.351 e. The van der Waals surface area contributed by atoms with Crippen LogP contribution < -0.4 is 5.32 Å². The van der Waals surface area contributed by atoms with Crippen LogP contribution in [0.2, 0.25) is 0 Å². The number of hydrogen-bond donors (Lipinski definition) is 2. The van der Waals surface area contributed by atoms with E-state index in [-0.39, 0.29) is 18.4 Å². The van der Waals surface area contributed by atoms with Gasteiger partial charge in [0.25, 0.3) is 0 Å². The highest BCUT2D eigenvalue weighted by Crippen LogP contribution is 2.11. The van der Waals surface area contributed by atoms with Crippen molar-refractivity contribution >= 4 is 16.3 Å². The van der Waals surface area contributed by atoms with Crippen molar-refractivity contribution in [3.05, 3.63) is 0 Å². The van der Waals surface area contributed by atoms with Gasteiger partial charge in [-0.3, -0.25) is 9.35 Å². The van der Waals surface area contributed by atoms with E-state index < -0.39 is 16.4 Å². The fraction of sp³-hybridized carbons (Fsp3) is 0.944. The predicted molar refractivity (Wildman–Crippen MR) is 101 cm³/mol.